The monoisotopic (exact) mass is 544 g/mol. The first kappa shape index (κ1) is 26.4. The fourth-order valence-electron chi connectivity index (χ4n) is 4.95. The van der Waals surface area contributed by atoms with Crippen molar-refractivity contribution in [3.05, 3.63) is 113 Å². The number of esters is 1. The summed E-state index contributed by atoms with van der Waals surface area (Å²) < 4.78 is 40.9. The number of imidazole rings is 1. The zero-order valence-corrected chi connectivity index (χ0v) is 22.3. The summed E-state index contributed by atoms with van der Waals surface area (Å²) in [4.78, 5) is 29.1. The normalized spacial score (nSPS) is 13.9. The van der Waals surface area contributed by atoms with Gasteiger partial charge in [-0.2, -0.15) is 0 Å². The molecule has 1 atom stereocenters. The minimum absolute atomic E-state index is 0.0190. The van der Waals surface area contributed by atoms with Gasteiger partial charge in [0.25, 0.3) is 0 Å². The van der Waals surface area contributed by atoms with Crippen LogP contribution in [0.15, 0.2) is 90.3 Å². The molecule has 8 nitrogen and oxygen atoms in total. The van der Waals surface area contributed by atoms with Crippen LogP contribution in [0, 0.1) is 0 Å². The Hall–Kier alpha value is -4.24. The Balaban J connectivity index is 1.60. The maximum absolute atomic E-state index is 13.8. The van der Waals surface area contributed by atoms with Crippen LogP contribution in [0.4, 0.5) is 0 Å². The van der Waals surface area contributed by atoms with Gasteiger partial charge in [0.1, 0.15) is 11.9 Å². The predicted molar refractivity (Wildman–Crippen MR) is 144 cm³/mol. The summed E-state index contributed by atoms with van der Waals surface area (Å²) in [6, 6.07) is 19.0. The number of ether oxygens (including phenoxy) is 2. The van der Waals surface area contributed by atoms with E-state index in [-0.39, 0.29) is 16.2 Å². The standard InChI is InChI=1S/C30H28N2O6S/c1-37-30(34)24-10-5-6-13-29(24)39(35,36)19-25-22-11-7-12-26(33)23(22)14-15-27(25)38-28(18-32-17-16-31-20-32)21-8-3-2-4-9-21/h2-6,8-10,13-17,20,28H,7,11-12,18-19H2,1H3/t28-/m1/s1. The van der Waals surface area contributed by atoms with E-state index in [0.717, 1.165) is 5.56 Å². The molecule has 0 saturated carbocycles. The van der Waals surface area contributed by atoms with Crippen LogP contribution in [-0.4, -0.2) is 36.8 Å². The number of rotatable bonds is 9. The second kappa shape index (κ2) is 11.2. The summed E-state index contributed by atoms with van der Waals surface area (Å²) in [6.45, 7) is 0.442. The minimum atomic E-state index is -4.03. The van der Waals surface area contributed by atoms with Gasteiger partial charge in [0, 0.05) is 29.9 Å². The molecule has 5 rings (SSSR count). The van der Waals surface area contributed by atoms with Gasteiger partial charge in [0.05, 0.1) is 36.2 Å². The van der Waals surface area contributed by atoms with E-state index in [4.69, 9.17) is 9.47 Å². The smallest absolute Gasteiger partial charge is 0.339 e. The van der Waals surface area contributed by atoms with Crippen LogP contribution in [0.2, 0.25) is 0 Å². The van der Waals surface area contributed by atoms with Crippen molar-refractivity contribution >= 4 is 21.6 Å². The number of methoxy groups -OCH3 is 1. The number of benzene rings is 3. The lowest BCUT2D eigenvalue weighted by atomic mass is 9.87. The summed E-state index contributed by atoms with van der Waals surface area (Å²) in [7, 11) is -2.82. The summed E-state index contributed by atoms with van der Waals surface area (Å²) in [5, 5.41) is 0. The maximum atomic E-state index is 13.8. The van der Waals surface area contributed by atoms with Crippen LogP contribution in [0.1, 0.15) is 56.4 Å². The zero-order chi connectivity index (χ0) is 27.4. The molecule has 0 saturated heterocycles. The number of sulfone groups is 1. The largest absolute Gasteiger partial charge is 0.484 e. The molecule has 39 heavy (non-hydrogen) atoms. The predicted octanol–water partition coefficient (Wildman–Crippen LogP) is 4.98. The number of Topliss-reactive ketones (excluding diaryl/α,β-unsaturated/α-hetero) is 1. The lowest BCUT2D eigenvalue weighted by molar-refractivity contribution is 0.0596. The van der Waals surface area contributed by atoms with Crippen LogP contribution in [-0.2, 0) is 33.3 Å². The van der Waals surface area contributed by atoms with E-state index in [1.54, 1.807) is 36.8 Å². The highest BCUT2D eigenvalue weighted by Gasteiger charge is 2.30. The molecular formula is C30H28N2O6S. The van der Waals surface area contributed by atoms with Crippen molar-refractivity contribution in [2.45, 2.75) is 42.6 Å². The first-order valence-electron chi connectivity index (χ1n) is 12.6. The highest BCUT2D eigenvalue weighted by molar-refractivity contribution is 7.90. The highest BCUT2D eigenvalue weighted by Crippen LogP contribution is 2.37. The van der Waals surface area contributed by atoms with Crippen molar-refractivity contribution < 1.29 is 27.5 Å². The molecule has 200 valence electrons. The van der Waals surface area contributed by atoms with E-state index in [9.17, 15) is 18.0 Å². The first-order valence-corrected chi connectivity index (χ1v) is 14.3. The number of hydrogen-bond donors (Lipinski definition) is 0. The summed E-state index contributed by atoms with van der Waals surface area (Å²) in [5.74, 6) is -0.800. The van der Waals surface area contributed by atoms with Crippen LogP contribution in [0.3, 0.4) is 0 Å². The molecule has 0 fully saturated rings. The molecular weight excluding hydrogens is 516 g/mol. The number of hydrogen-bond acceptors (Lipinski definition) is 7. The average Bonchev–Trinajstić information content (AvgIpc) is 3.47. The molecule has 0 spiro atoms. The molecule has 3 aromatic carbocycles. The van der Waals surface area contributed by atoms with Gasteiger partial charge < -0.3 is 14.0 Å². The number of carbonyl (C=O) groups excluding carboxylic acids is 2. The molecule has 0 aliphatic heterocycles. The van der Waals surface area contributed by atoms with Gasteiger partial charge in [-0.25, -0.2) is 18.2 Å². The molecule has 0 amide bonds. The Kier molecular flexibility index (Phi) is 7.60. The third-order valence-electron chi connectivity index (χ3n) is 6.86. The summed E-state index contributed by atoms with van der Waals surface area (Å²) >= 11 is 0. The van der Waals surface area contributed by atoms with Crippen LogP contribution in [0.25, 0.3) is 0 Å². The summed E-state index contributed by atoms with van der Waals surface area (Å²) in [6.07, 6.45) is 6.35. The van der Waals surface area contributed by atoms with Crippen LogP contribution in [0.5, 0.6) is 5.75 Å². The number of aromatic nitrogens is 2. The van der Waals surface area contributed by atoms with E-state index in [2.05, 4.69) is 4.98 Å². The van der Waals surface area contributed by atoms with Crippen molar-refractivity contribution in [2.24, 2.45) is 0 Å². The molecule has 1 aromatic heterocycles. The molecule has 1 heterocycles. The molecule has 0 radical (unpaired) electrons. The lowest BCUT2D eigenvalue weighted by Crippen LogP contribution is -2.20. The molecule has 4 aromatic rings. The quantitative estimate of drug-likeness (QED) is 0.274. The Morgan fingerprint density at radius 3 is 2.54 bits per heavy atom. The molecule has 1 aliphatic rings. The lowest BCUT2D eigenvalue weighted by Gasteiger charge is -2.26. The third kappa shape index (κ3) is 5.63. The van der Waals surface area contributed by atoms with E-state index in [1.165, 1.54) is 19.2 Å². The van der Waals surface area contributed by atoms with Crippen molar-refractivity contribution in [3.8, 4) is 5.75 Å². The number of carbonyl (C=O) groups is 2. The SMILES string of the molecule is COC(=O)c1ccccc1S(=O)(=O)Cc1c(O[C@H](Cn2ccnc2)c2ccccc2)ccc2c1CCCC2=O. The maximum Gasteiger partial charge on any atom is 0.339 e. The van der Waals surface area contributed by atoms with Crippen LogP contribution < -0.4 is 4.74 Å². The Morgan fingerprint density at radius 1 is 1.03 bits per heavy atom. The summed E-state index contributed by atoms with van der Waals surface area (Å²) in [5.41, 5.74) is 2.51. The van der Waals surface area contributed by atoms with Gasteiger partial charge >= 0.3 is 5.97 Å². The van der Waals surface area contributed by atoms with Gasteiger partial charge in [-0.1, -0.05) is 42.5 Å². The Bertz CT molecular complexity index is 1600. The highest BCUT2D eigenvalue weighted by atomic mass is 32.2. The van der Waals surface area contributed by atoms with Crippen LogP contribution >= 0.6 is 0 Å². The third-order valence-corrected chi connectivity index (χ3v) is 8.55. The van der Waals surface area contributed by atoms with E-state index in [1.807, 2.05) is 41.1 Å². The van der Waals surface area contributed by atoms with E-state index in [0.29, 0.717) is 48.2 Å². The second-order valence-electron chi connectivity index (χ2n) is 9.37. The van der Waals surface area contributed by atoms with Crippen molar-refractivity contribution in [1.29, 1.82) is 0 Å². The Labute approximate surface area is 227 Å². The molecule has 0 unspecified atom stereocenters. The first-order chi connectivity index (χ1) is 18.9. The molecule has 1 aliphatic carbocycles. The van der Waals surface area contributed by atoms with Crippen molar-refractivity contribution in [1.82, 2.24) is 9.55 Å². The topological polar surface area (TPSA) is 105 Å². The van der Waals surface area contributed by atoms with E-state index < -0.39 is 27.7 Å². The molecule has 9 heteroatoms. The number of ketones is 1. The Morgan fingerprint density at radius 2 is 1.79 bits per heavy atom. The van der Waals surface area contributed by atoms with Crippen molar-refractivity contribution in [3.63, 3.8) is 0 Å². The number of nitrogens with zero attached hydrogens (tertiary/aromatic N) is 2. The molecule has 0 bridgehead atoms. The van der Waals surface area contributed by atoms with Gasteiger partial charge in [0.15, 0.2) is 15.6 Å². The molecule has 0 N–H and O–H groups in total. The van der Waals surface area contributed by atoms with Gasteiger partial charge in [-0.05, 0) is 48.2 Å². The zero-order valence-electron chi connectivity index (χ0n) is 21.4. The average molecular weight is 545 g/mol. The van der Waals surface area contributed by atoms with E-state index >= 15 is 0 Å². The number of fused-ring (bicyclic) bond motifs is 1. The second-order valence-corrected chi connectivity index (χ2v) is 11.3. The van der Waals surface area contributed by atoms with Gasteiger partial charge in [-0.15, -0.1) is 0 Å². The minimum Gasteiger partial charge on any atom is -0.484 e. The van der Waals surface area contributed by atoms with Gasteiger partial charge in [-0.3, -0.25) is 4.79 Å². The van der Waals surface area contributed by atoms with Crippen molar-refractivity contribution in [2.75, 3.05) is 7.11 Å². The fraction of sp³-hybridized carbons (Fsp3) is 0.233. The fourth-order valence-corrected chi connectivity index (χ4v) is 6.57. The van der Waals surface area contributed by atoms with Gasteiger partial charge in [0.2, 0.25) is 0 Å².